The van der Waals surface area contributed by atoms with Gasteiger partial charge >= 0.3 is 40.3 Å². The number of hydrazine groups is 1. The highest BCUT2D eigenvalue weighted by Crippen LogP contribution is 2.43. The summed E-state index contributed by atoms with van der Waals surface area (Å²) in [5, 5.41) is 10.1. The molecule has 216 valence electrons. The molecule has 2 aliphatic rings. The summed E-state index contributed by atoms with van der Waals surface area (Å²) in [5.41, 5.74) is 1.64. The second kappa shape index (κ2) is 11.4. The van der Waals surface area contributed by atoms with Gasteiger partial charge < -0.3 is 19.9 Å². The molecule has 1 aromatic carbocycles. The molecule has 0 aromatic heterocycles. The second-order valence-corrected chi connectivity index (χ2v) is 10.3. The Morgan fingerprint density at radius 3 is 2.17 bits per heavy atom. The van der Waals surface area contributed by atoms with Crippen molar-refractivity contribution >= 4 is 75.3 Å². The predicted octanol–water partition coefficient (Wildman–Crippen LogP) is -0.341. The van der Waals surface area contributed by atoms with Crippen LogP contribution in [0.25, 0.3) is 0 Å². The highest BCUT2D eigenvalue weighted by atomic mass is 35.5. The van der Waals surface area contributed by atoms with Crippen LogP contribution in [0.2, 0.25) is 10.0 Å². The Balaban J connectivity index is 1.72. The Labute approximate surface area is 234 Å². The van der Waals surface area contributed by atoms with Crippen LogP contribution in [0.15, 0.2) is 6.07 Å². The highest BCUT2D eigenvalue weighted by molar-refractivity contribution is 7.88. The molecule has 21 heteroatoms. The molecular weight excluding hydrogens is 607 g/mol. The van der Waals surface area contributed by atoms with Crippen LogP contribution in [0.1, 0.15) is 24.2 Å². The third-order valence-electron chi connectivity index (χ3n) is 5.05. The number of hydrogen-bond donors (Lipinski definition) is 4. The maximum atomic E-state index is 12.9. The molecular formula is C19H18Cl2N6O12S. The van der Waals surface area contributed by atoms with E-state index in [1.54, 1.807) is 0 Å². The number of rotatable bonds is 7. The summed E-state index contributed by atoms with van der Waals surface area (Å²) >= 11 is 12.2. The van der Waals surface area contributed by atoms with Gasteiger partial charge in [-0.15, -0.1) is 0 Å². The van der Waals surface area contributed by atoms with Crippen molar-refractivity contribution in [3.63, 3.8) is 0 Å². The van der Waals surface area contributed by atoms with E-state index in [4.69, 9.17) is 37.8 Å². The zero-order chi connectivity index (χ0) is 30.1. The maximum Gasteiger partial charge on any atom is 0.405 e. The van der Waals surface area contributed by atoms with Crippen molar-refractivity contribution in [2.75, 3.05) is 19.6 Å². The number of carboxylic acid groups (broad SMARTS) is 1. The quantitative estimate of drug-likeness (QED) is 0.173. The fourth-order valence-electron chi connectivity index (χ4n) is 3.34. The lowest BCUT2D eigenvalue weighted by Gasteiger charge is -2.36. The molecule has 3 rings (SSSR count). The molecule has 7 amide bonds. The molecule has 0 radical (unpaired) electrons. The van der Waals surface area contributed by atoms with Gasteiger partial charge in [0, 0.05) is 13.8 Å². The molecule has 1 atom stereocenters. The molecule has 0 spiro atoms. The van der Waals surface area contributed by atoms with Crippen LogP contribution in [-0.4, -0.2) is 95.3 Å². The first-order valence-electron chi connectivity index (χ1n) is 10.7. The first-order chi connectivity index (χ1) is 18.5. The summed E-state index contributed by atoms with van der Waals surface area (Å²) < 4.78 is 36.7. The number of nitrogens with zero attached hydrogens (tertiary/aromatic N) is 3. The highest BCUT2D eigenvalue weighted by Gasteiger charge is 2.45. The Hall–Kier alpha value is -4.36. The van der Waals surface area contributed by atoms with Gasteiger partial charge in [-0.1, -0.05) is 23.2 Å². The summed E-state index contributed by atoms with van der Waals surface area (Å²) in [6, 6.07) is -3.05. The van der Waals surface area contributed by atoms with Gasteiger partial charge in [-0.2, -0.15) is 8.42 Å². The summed E-state index contributed by atoms with van der Waals surface area (Å²) in [4.78, 5) is 83.5. The molecule has 2 heterocycles. The lowest BCUT2D eigenvalue weighted by atomic mass is 10.1. The van der Waals surface area contributed by atoms with Gasteiger partial charge in [-0.25, -0.2) is 28.4 Å². The van der Waals surface area contributed by atoms with Crippen LogP contribution in [0, 0.1) is 0 Å². The van der Waals surface area contributed by atoms with Crippen molar-refractivity contribution in [2.24, 2.45) is 0 Å². The number of benzene rings is 1. The Bertz CT molecular complexity index is 1450. The van der Waals surface area contributed by atoms with Gasteiger partial charge in [0.15, 0.2) is 11.5 Å². The Morgan fingerprint density at radius 1 is 1.02 bits per heavy atom. The van der Waals surface area contributed by atoms with Gasteiger partial charge in [0.05, 0.1) is 30.2 Å². The fraction of sp³-hybridized carbons (Fsp3) is 0.316. The normalized spacial score (nSPS) is 16.7. The molecule has 18 nitrogen and oxygen atoms in total. The molecule has 40 heavy (non-hydrogen) atoms. The van der Waals surface area contributed by atoms with E-state index in [1.165, 1.54) is 4.72 Å². The summed E-state index contributed by atoms with van der Waals surface area (Å²) in [7, 11) is -4.87. The minimum Gasteiger partial charge on any atom is -0.465 e. The van der Waals surface area contributed by atoms with Crippen molar-refractivity contribution in [3.05, 3.63) is 21.7 Å². The molecule has 0 unspecified atom stereocenters. The van der Waals surface area contributed by atoms with Crippen LogP contribution in [0.5, 0.6) is 11.5 Å². The van der Waals surface area contributed by atoms with Crippen molar-refractivity contribution in [3.8, 4) is 11.5 Å². The van der Waals surface area contributed by atoms with Crippen molar-refractivity contribution < 1.29 is 56.6 Å². The topological polar surface area (TPSA) is 238 Å². The van der Waals surface area contributed by atoms with Crippen LogP contribution >= 0.6 is 23.2 Å². The summed E-state index contributed by atoms with van der Waals surface area (Å²) in [6.07, 6.45) is -1.53. The van der Waals surface area contributed by atoms with Gasteiger partial charge in [0.2, 0.25) is 0 Å². The fourth-order valence-corrected chi connectivity index (χ4v) is 4.90. The van der Waals surface area contributed by atoms with E-state index < -0.39 is 99.9 Å². The first kappa shape index (κ1) is 30.2. The monoisotopic (exact) mass is 624 g/mol. The molecule has 0 saturated carbocycles. The third-order valence-corrected chi connectivity index (χ3v) is 7.06. The lowest BCUT2D eigenvalue weighted by molar-refractivity contribution is -0.139. The Morgan fingerprint density at radius 2 is 1.62 bits per heavy atom. The minimum absolute atomic E-state index is 0.186. The number of halogens is 2. The van der Waals surface area contributed by atoms with Crippen molar-refractivity contribution in [1.29, 1.82) is 0 Å². The number of urea groups is 2. The molecule has 0 bridgehead atoms. The number of esters is 2. The standard InChI is InChI=1S/C19H18Cl2N6O12S/c1-7(28)38-13-10(20)5-9(12(21)14(13)39-8(2)29)15(30)23-26-3-4-27(19(26)35)40(36,37)24-17(32)25-6-11(16(25)31)22-18(33)34/h5,11,22H,3-4,6H2,1-2H3,(H,23,30)(H,24,32)(H,33,34)/t11-/m0/s1. The Kier molecular flexibility index (Phi) is 8.60. The molecule has 1 aromatic rings. The van der Waals surface area contributed by atoms with E-state index >= 15 is 0 Å². The van der Waals surface area contributed by atoms with E-state index in [1.807, 2.05) is 5.32 Å². The number of imide groups is 1. The van der Waals surface area contributed by atoms with Crippen molar-refractivity contribution in [2.45, 2.75) is 19.9 Å². The second-order valence-electron chi connectivity index (χ2n) is 7.88. The zero-order valence-corrected chi connectivity index (χ0v) is 22.5. The van der Waals surface area contributed by atoms with Crippen LogP contribution in [0.3, 0.4) is 0 Å². The van der Waals surface area contributed by atoms with Crippen LogP contribution in [0.4, 0.5) is 14.4 Å². The largest absolute Gasteiger partial charge is 0.465 e. The van der Waals surface area contributed by atoms with Gasteiger partial charge in [0.25, 0.3) is 11.8 Å². The molecule has 2 saturated heterocycles. The number of hydrogen-bond acceptors (Lipinski definition) is 11. The third kappa shape index (κ3) is 6.26. The minimum atomic E-state index is -4.87. The van der Waals surface area contributed by atoms with E-state index in [9.17, 15) is 42.0 Å². The number of β-lactam (4-membered cyclic amide) rings is 1. The van der Waals surface area contributed by atoms with Crippen LogP contribution in [-0.2, 0) is 24.6 Å². The number of likely N-dealkylation sites (tertiary alicyclic amines) is 1. The van der Waals surface area contributed by atoms with Crippen molar-refractivity contribution in [1.82, 2.24) is 29.7 Å². The zero-order valence-electron chi connectivity index (χ0n) is 20.2. The van der Waals surface area contributed by atoms with Gasteiger partial charge in [-0.3, -0.25) is 29.5 Å². The number of amides is 7. The number of carbonyl (C=O) groups is 7. The number of nitrogens with one attached hydrogen (secondary N) is 3. The average Bonchev–Trinajstić information content (AvgIpc) is 3.20. The smallest absolute Gasteiger partial charge is 0.405 e. The summed E-state index contributed by atoms with van der Waals surface area (Å²) in [6.45, 7) is 0.627. The molecule has 0 aliphatic carbocycles. The maximum absolute atomic E-state index is 12.9. The van der Waals surface area contributed by atoms with Gasteiger partial charge in [0.1, 0.15) is 11.1 Å². The number of carbonyl (C=O) groups excluding carboxylic acids is 6. The predicted molar refractivity (Wildman–Crippen MR) is 129 cm³/mol. The van der Waals surface area contributed by atoms with E-state index in [2.05, 4.69) is 5.43 Å². The van der Waals surface area contributed by atoms with E-state index in [0.29, 0.717) is 9.91 Å². The first-order valence-corrected chi connectivity index (χ1v) is 12.9. The lowest BCUT2D eigenvalue weighted by Crippen LogP contribution is -2.67. The SMILES string of the molecule is CC(=O)Oc1c(Cl)cc(C(=O)NN2CCN(S(=O)(=O)NC(=O)N3C[C@H](NC(=O)O)C3=O)C2=O)c(Cl)c1OC(C)=O. The van der Waals surface area contributed by atoms with Gasteiger partial charge in [-0.05, 0) is 6.07 Å². The van der Waals surface area contributed by atoms with E-state index in [-0.39, 0.29) is 9.33 Å². The van der Waals surface area contributed by atoms with E-state index in [0.717, 1.165) is 19.9 Å². The molecule has 2 fully saturated rings. The molecule has 4 N–H and O–H groups in total. The average molecular weight is 625 g/mol. The number of ether oxygens (including phenoxy) is 2. The molecule has 2 aliphatic heterocycles. The van der Waals surface area contributed by atoms with Crippen LogP contribution < -0.4 is 24.9 Å². The summed E-state index contributed by atoms with van der Waals surface area (Å²) in [5.74, 6) is -4.91.